The summed E-state index contributed by atoms with van der Waals surface area (Å²) in [5.74, 6) is 0.511. The summed E-state index contributed by atoms with van der Waals surface area (Å²) >= 11 is 0. The Morgan fingerprint density at radius 1 is 0.864 bits per heavy atom. The van der Waals surface area contributed by atoms with Gasteiger partial charge in [-0.05, 0) is 62.1 Å². The van der Waals surface area contributed by atoms with E-state index in [0.717, 1.165) is 11.2 Å². The van der Waals surface area contributed by atoms with Crippen LogP contribution in [0.3, 0.4) is 0 Å². The van der Waals surface area contributed by atoms with Crippen LogP contribution in [0.15, 0.2) is 42.5 Å². The second-order valence-electron chi connectivity index (χ2n) is 6.60. The van der Waals surface area contributed by atoms with E-state index in [1.54, 1.807) is 0 Å². The number of nitrogens with zero attached hydrogens (tertiary/aromatic N) is 1. The first kappa shape index (κ1) is 14.8. The molecule has 2 aromatic carbocycles. The average molecular weight is 289 g/mol. The number of rotatable bonds is 2. The molecule has 0 radical (unpaired) electrons. The van der Waals surface area contributed by atoms with E-state index in [1.165, 1.54) is 33.2 Å². The van der Waals surface area contributed by atoms with Crippen molar-refractivity contribution in [3.63, 3.8) is 0 Å². The van der Waals surface area contributed by atoms with E-state index in [2.05, 4.69) is 77.1 Å². The van der Waals surface area contributed by atoms with Crippen molar-refractivity contribution in [2.45, 2.75) is 40.5 Å². The van der Waals surface area contributed by atoms with Gasteiger partial charge in [0.2, 0.25) is 0 Å². The quantitative estimate of drug-likeness (QED) is 0.568. The number of pyridine rings is 1. The largest absolute Gasteiger partial charge is 0.248 e. The number of hydrogen-bond donors (Lipinski definition) is 0. The SMILES string of the molecule is Cc1cc(C)cc(-c2nc3cccc(C(C)C)c3cc2C)c1. The Bertz CT molecular complexity index is 824. The highest BCUT2D eigenvalue weighted by atomic mass is 14.7. The van der Waals surface area contributed by atoms with E-state index in [1.807, 2.05) is 0 Å². The van der Waals surface area contributed by atoms with Gasteiger partial charge in [0.15, 0.2) is 0 Å². The molecule has 22 heavy (non-hydrogen) atoms. The van der Waals surface area contributed by atoms with Crippen LogP contribution in [-0.2, 0) is 0 Å². The Morgan fingerprint density at radius 2 is 1.55 bits per heavy atom. The van der Waals surface area contributed by atoms with Gasteiger partial charge in [-0.15, -0.1) is 0 Å². The van der Waals surface area contributed by atoms with Crippen LogP contribution in [0.2, 0.25) is 0 Å². The van der Waals surface area contributed by atoms with E-state index < -0.39 is 0 Å². The van der Waals surface area contributed by atoms with E-state index in [-0.39, 0.29) is 0 Å². The van der Waals surface area contributed by atoms with Crippen LogP contribution in [0.25, 0.3) is 22.2 Å². The van der Waals surface area contributed by atoms with E-state index in [4.69, 9.17) is 4.98 Å². The van der Waals surface area contributed by atoms with Crippen molar-refractivity contribution >= 4 is 10.9 Å². The molecule has 0 saturated heterocycles. The van der Waals surface area contributed by atoms with Crippen molar-refractivity contribution in [2.24, 2.45) is 0 Å². The Hall–Kier alpha value is -2.15. The molecule has 112 valence electrons. The van der Waals surface area contributed by atoms with Crippen molar-refractivity contribution in [1.82, 2.24) is 4.98 Å². The molecule has 1 nitrogen and oxygen atoms in total. The Morgan fingerprint density at radius 3 is 2.18 bits per heavy atom. The molecule has 1 heterocycles. The fourth-order valence-corrected chi connectivity index (χ4v) is 3.23. The molecule has 0 atom stereocenters. The molecular formula is C21H23N. The third-order valence-corrected chi connectivity index (χ3v) is 4.20. The van der Waals surface area contributed by atoms with Gasteiger partial charge < -0.3 is 0 Å². The maximum absolute atomic E-state index is 4.97. The summed E-state index contributed by atoms with van der Waals surface area (Å²) in [5, 5.41) is 1.28. The van der Waals surface area contributed by atoms with E-state index in [9.17, 15) is 0 Å². The maximum Gasteiger partial charge on any atom is 0.0739 e. The minimum absolute atomic E-state index is 0.511. The van der Waals surface area contributed by atoms with Crippen molar-refractivity contribution in [3.8, 4) is 11.3 Å². The molecule has 0 aliphatic rings. The first-order valence-electron chi connectivity index (χ1n) is 7.94. The zero-order valence-electron chi connectivity index (χ0n) is 14.1. The first-order valence-corrected chi connectivity index (χ1v) is 7.94. The molecule has 1 aromatic heterocycles. The summed E-state index contributed by atoms with van der Waals surface area (Å²) in [6.45, 7) is 10.9. The standard InChI is InChI=1S/C21H23N/c1-13(2)18-7-6-8-20-19(18)12-16(5)21(22-20)17-10-14(3)9-15(4)11-17/h6-13H,1-5H3. The second kappa shape index (κ2) is 5.57. The van der Waals surface area contributed by atoms with Crippen LogP contribution >= 0.6 is 0 Å². The number of hydrogen-bond acceptors (Lipinski definition) is 1. The number of fused-ring (bicyclic) bond motifs is 1. The smallest absolute Gasteiger partial charge is 0.0739 e. The molecular weight excluding hydrogens is 266 g/mol. The van der Waals surface area contributed by atoms with Crippen LogP contribution in [0.1, 0.15) is 42.0 Å². The summed E-state index contributed by atoms with van der Waals surface area (Å²) in [4.78, 5) is 4.97. The van der Waals surface area contributed by atoms with Crippen molar-refractivity contribution in [1.29, 1.82) is 0 Å². The molecule has 0 unspecified atom stereocenters. The summed E-state index contributed by atoms with van der Waals surface area (Å²) in [7, 11) is 0. The van der Waals surface area contributed by atoms with Gasteiger partial charge in [-0.3, -0.25) is 0 Å². The monoisotopic (exact) mass is 289 g/mol. The molecule has 0 saturated carbocycles. The van der Waals surface area contributed by atoms with Crippen LogP contribution in [0, 0.1) is 20.8 Å². The summed E-state index contributed by atoms with van der Waals surface area (Å²) < 4.78 is 0. The highest BCUT2D eigenvalue weighted by Crippen LogP contribution is 2.30. The molecule has 0 fully saturated rings. The van der Waals surface area contributed by atoms with Gasteiger partial charge in [-0.2, -0.15) is 0 Å². The van der Waals surface area contributed by atoms with Crippen molar-refractivity contribution in [3.05, 3.63) is 64.7 Å². The topological polar surface area (TPSA) is 12.9 Å². The number of aryl methyl sites for hydroxylation is 3. The molecule has 0 amide bonds. The molecule has 0 N–H and O–H groups in total. The molecule has 0 bridgehead atoms. The lowest BCUT2D eigenvalue weighted by molar-refractivity contribution is 0.876. The summed E-state index contributed by atoms with van der Waals surface area (Å²) in [5.41, 5.74) is 8.59. The van der Waals surface area contributed by atoms with E-state index >= 15 is 0 Å². The van der Waals surface area contributed by atoms with Crippen molar-refractivity contribution < 1.29 is 0 Å². The van der Waals surface area contributed by atoms with Gasteiger partial charge in [0.1, 0.15) is 0 Å². The van der Waals surface area contributed by atoms with Crippen LogP contribution in [-0.4, -0.2) is 4.98 Å². The molecule has 3 aromatic rings. The second-order valence-corrected chi connectivity index (χ2v) is 6.60. The maximum atomic E-state index is 4.97. The van der Waals surface area contributed by atoms with Gasteiger partial charge >= 0.3 is 0 Å². The molecule has 3 rings (SSSR count). The Kier molecular flexibility index (Phi) is 3.74. The van der Waals surface area contributed by atoms with Gasteiger partial charge in [-0.1, -0.05) is 43.2 Å². The molecule has 1 heteroatoms. The zero-order valence-corrected chi connectivity index (χ0v) is 14.1. The van der Waals surface area contributed by atoms with Crippen LogP contribution in [0.5, 0.6) is 0 Å². The number of benzene rings is 2. The summed E-state index contributed by atoms with van der Waals surface area (Å²) in [6, 6.07) is 15.4. The zero-order chi connectivity index (χ0) is 15.9. The highest BCUT2D eigenvalue weighted by Gasteiger charge is 2.11. The lowest BCUT2D eigenvalue weighted by atomic mass is 9.95. The number of aromatic nitrogens is 1. The third-order valence-electron chi connectivity index (χ3n) is 4.20. The summed E-state index contributed by atoms with van der Waals surface area (Å²) in [6.07, 6.45) is 0. The minimum Gasteiger partial charge on any atom is -0.248 e. The molecule has 0 spiro atoms. The predicted octanol–water partition coefficient (Wildman–Crippen LogP) is 5.95. The Balaban J connectivity index is 2.26. The van der Waals surface area contributed by atoms with Gasteiger partial charge in [0.25, 0.3) is 0 Å². The van der Waals surface area contributed by atoms with Crippen molar-refractivity contribution in [2.75, 3.05) is 0 Å². The van der Waals surface area contributed by atoms with Gasteiger partial charge in [0.05, 0.1) is 11.2 Å². The Labute approximate surface area is 133 Å². The minimum atomic E-state index is 0.511. The van der Waals surface area contributed by atoms with Gasteiger partial charge in [-0.25, -0.2) is 4.98 Å². The lowest BCUT2D eigenvalue weighted by Crippen LogP contribution is -1.95. The molecule has 0 aliphatic heterocycles. The fraction of sp³-hybridized carbons (Fsp3) is 0.286. The fourth-order valence-electron chi connectivity index (χ4n) is 3.23. The average Bonchev–Trinajstić information content (AvgIpc) is 2.44. The van der Waals surface area contributed by atoms with Gasteiger partial charge in [0, 0.05) is 10.9 Å². The predicted molar refractivity (Wildman–Crippen MR) is 95.5 cm³/mol. The highest BCUT2D eigenvalue weighted by molar-refractivity contribution is 5.86. The van der Waals surface area contributed by atoms with Crippen LogP contribution in [0.4, 0.5) is 0 Å². The van der Waals surface area contributed by atoms with E-state index in [0.29, 0.717) is 5.92 Å². The lowest BCUT2D eigenvalue weighted by Gasteiger charge is -2.13. The molecule has 0 aliphatic carbocycles. The third kappa shape index (κ3) is 2.64. The van der Waals surface area contributed by atoms with Crippen LogP contribution < -0.4 is 0 Å². The normalized spacial score (nSPS) is 11.4. The first-order chi connectivity index (χ1) is 10.5.